The van der Waals surface area contributed by atoms with Crippen LogP contribution in [0.1, 0.15) is 32.3 Å². The number of nitrogens with two attached hydrogens (primary N) is 3. The average Bonchev–Trinajstić information content (AvgIpc) is 2.57. The van der Waals surface area contributed by atoms with Gasteiger partial charge in [-0.3, -0.25) is 0 Å². The Labute approximate surface area is 154 Å². The summed E-state index contributed by atoms with van der Waals surface area (Å²) in [6, 6.07) is 3.03. The fourth-order valence-electron chi connectivity index (χ4n) is 2.15. The summed E-state index contributed by atoms with van der Waals surface area (Å²) in [5, 5.41) is 0. The minimum Gasteiger partial charge on any atom is -0.495 e. The predicted octanol–water partition coefficient (Wildman–Crippen LogP) is 1.58. The number of ether oxygens (including phenoxy) is 2. The molecule has 0 fully saturated rings. The van der Waals surface area contributed by atoms with Crippen molar-refractivity contribution >= 4 is 15.7 Å². The number of sulfone groups is 1. The summed E-state index contributed by atoms with van der Waals surface area (Å²) < 4.78 is 35.8. The number of amidine groups is 1. The van der Waals surface area contributed by atoms with E-state index in [1.165, 1.54) is 13.2 Å². The largest absolute Gasteiger partial charge is 0.495 e. The lowest BCUT2D eigenvalue weighted by molar-refractivity contribution is 0.395. The highest BCUT2D eigenvalue weighted by Gasteiger charge is 2.23. The molecule has 144 valence electrons. The molecule has 8 nitrogen and oxygen atoms in total. The highest BCUT2D eigenvalue weighted by molar-refractivity contribution is 7.91. The second-order valence-electron chi connectivity index (χ2n) is 5.72. The molecule has 0 amide bonds. The Morgan fingerprint density at radius 1 is 1.31 bits per heavy atom. The van der Waals surface area contributed by atoms with E-state index in [0.717, 1.165) is 11.8 Å². The van der Waals surface area contributed by atoms with Crippen LogP contribution in [-0.4, -0.2) is 27.1 Å². The van der Waals surface area contributed by atoms with Gasteiger partial charge in [-0.05, 0) is 12.0 Å². The Bertz CT molecular complexity index is 843. The first-order chi connectivity index (χ1) is 12.1. The lowest BCUT2D eigenvalue weighted by Crippen LogP contribution is -2.22. The van der Waals surface area contributed by atoms with Crippen LogP contribution in [0.25, 0.3) is 0 Å². The standard InChI is InChI=1S/C17H26N4O4S/c1-6-26(22,23)16-8-13(12(10(2)3)7-14(16)24-5)25-15(9-18)17(20)21-11(4)19/h7-10H,4,6,18-19H2,1-3,5H3,(H2,20,21)/b15-9+. The van der Waals surface area contributed by atoms with E-state index in [9.17, 15) is 8.42 Å². The van der Waals surface area contributed by atoms with Gasteiger partial charge in [0, 0.05) is 17.8 Å². The van der Waals surface area contributed by atoms with Crippen LogP contribution in [-0.2, 0) is 9.84 Å². The van der Waals surface area contributed by atoms with Crippen molar-refractivity contribution in [1.82, 2.24) is 0 Å². The number of hydrogen-bond donors (Lipinski definition) is 3. The third-order valence-corrected chi connectivity index (χ3v) is 5.27. The minimum absolute atomic E-state index is 0.0129. The molecule has 26 heavy (non-hydrogen) atoms. The van der Waals surface area contributed by atoms with Crippen LogP contribution in [0.2, 0.25) is 0 Å². The minimum atomic E-state index is -3.54. The van der Waals surface area contributed by atoms with E-state index >= 15 is 0 Å². The fraction of sp³-hybridized carbons (Fsp3) is 0.353. The first-order valence-corrected chi connectivity index (χ1v) is 9.55. The molecule has 0 atom stereocenters. The first-order valence-electron chi connectivity index (χ1n) is 7.90. The van der Waals surface area contributed by atoms with Gasteiger partial charge < -0.3 is 26.7 Å². The van der Waals surface area contributed by atoms with Crippen LogP contribution >= 0.6 is 0 Å². The molecule has 0 bridgehead atoms. The summed E-state index contributed by atoms with van der Waals surface area (Å²) >= 11 is 0. The molecule has 0 aliphatic heterocycles. The van der Waals surface area contributed by atoms with Gasteiger partial charge in [0.25, 0.3) is 0 Å². The Balaban J connectivity index is 3.58. The van der Waals surface area contributed by atoms with E-state index in [1.54, 1.807) is 13.0 Å². The Kier molecular flexibility index (Phi) is 7.08. The van der Waals surface area contributed by atoms with Gasteiger partial charge in [0.15, 0.2) is 21.4 Å². The zero-order chi connectivity index (χ0) is 20.1. The van der Waals surface area contributed by atoms with Gasteiger partial charge in [0.1, 0.15) is 22.2 Å². The zero-order valence-corrected chi connectivity index (χ0v) is 16.3. The molecule has 0 spiro atoms. The third-order valence-electron chi connectivity index (χ3n) is 3.52. The van der Waals surface area contributed by atoms with Crippen molar-refractivity contribution in [3.8, 4) is 11.5 Å². The van der Waals surface area contributed by atoms with Crippen molar-refractivity contribution in [3.63, 3.8) is 0 Å². The number of nitrogens with zero attached hydrogens (tertiary/aromatic N) is 1. The quantitative estimate of drug-likeness (QED) is 0.352. The summed E-state index contributed by atoms with van der Waals surface area (Å²) in [6.07, 6.45) is 1.12. The number of benzene rings is 1. The predicted molar refractivity (Wildman–Crippen MR) is 103 cm³/mol. The summed E-state index contributed by atoms with van der Waals surface area (Å²) in [5.41, 5.74) is 17.5. The Morgan fingerprint density at radius 3 is 2.35 bits per heavy atom. The van der Waals surface area contributed by atoms with Crippen LogP contribution in [0.15, 0.2) is 46.4 Å². The molecular weight excluding hydrogens is 356 g/mol. The Morgan fingerprint density at radius 2 is 1.92 bits per heavy atom. The molecular formula is C17H26N4O4S. The zero-order valence-electron chi connectivity index (χ0n) is 15.4. The lowest BCUT2D eigenvalue weighted by atomic mass is 10.0. The maximum absolute atomic E-state index is 12.4. The monoisotopic (exact) mass is 382 g/mol. The van der Waals surface area contributed by atoms with E-state index in [4.69, 9.17) is 26.7 Å². The Hall–Kier alpha value is -2.68. The number of hydrogen-bond acceptors (Lipinski definition) is 7. The third kappa shape index (κ3) is 4.92. The van der Waals surface area contributed by atoms with E-state index in [0.29, 0.717) is 0 Å². The van der Waals surface area contributed by atoms with Gasteiger partial charge >= 0.3 is 0 Å². The smallest absolute Gasteiger partial charge is 0.184 e. The van der Waals surface area contributed by atoms with Crippen LogP contribution < -0.4 is 26.7 Å². The van der Waals surface area contributed by atoms with E-state index in [-0.39, 0.29) is 45.5 Å². The van der Waals surface area contributed by atoms with Crippen molar-refractivity contribution < 1.29 is 17.9 Å². The average molecular weight is 382 g/mol. The van der Waals surface area contributed by atoms with E-state index < -0.39 is 9.84 Å². The van der Waals surface area contributed by atoms with Crippen LogP contribution in [0.5, 0.6) is 11.5 Å². The van der Waals surface area contributed by atoms with Crippen LogP contribution in [0, 0.1) is 0 Å². The number of methoxy groups -OCH3 is 1. The normalized spacial score (nSPS) is 13.0. The molecule has 0 saturated heterocycles. The van der Waals surface area contributed by atoms with Crippen molar-refractivity contribution in [2.75, 3.05) is 12.9 Å². The summed E-state index contributed by atoms with van der Waals surface area (Å²) in [5.74, 6) is 0.398. The molecule has 1 rings (SSSR count). The van der Waals surface area contributed by atoms with Crippen molar-refractivity contribution in [2.24, 2.45) is 22.2 Å². The lowest BCUT2D eigenvalue weighted by Gasteiger charge is -2.19. The van der Waals surface area contributed by atoms with Gasteiger partial charge in [-0.1, -0.05) is 27.4 Å². The van der Waals surface area contributed by atoms with E-state index in [1.807, 2.05) is 13.8 Å². The molecule has 0 heterocycles. The first kappa shape index (κ1) is 21.4. The summed E-state index contributed by atoms with van der Waals surface area (Å²) in [6.45, 7) is 8.85. The topological polar surface area (TPSA) is 143 Å². The van der Waals surface area contributed by atoms with Crippen LogP contribution in [0.3, 0.4) is 0 Å². The molecule has 0 radical (unpaired) electrons. The van der Waals surface area contributed by atoms with Gasteiger partial charge in [-0.2, -0.15) is 0 Å². The molecule has 1 aromatic carbocycles. The number of rotatable bonds is 8. The molecule has 0 aromatic heterocycles. The molecule has 0 aliphatic carbocycles. The fourth-order valence-corrected chi connectivity index (χ4v) is 3.20. The molecule has 6 N–H and O–H groups in total. The highest BCUT2D eigenvalue weighted by atomic mass is 32.2. The maximum Gasteiger partial charge on any atom is 0.184 e. The van der Waals surface area contributed by atoms with E-state index in [2.05, 4.69) is 11.6 Å². The molecule has 0 aliphatic rings. The van der Waals surface area contributed by atoms with Crippen molar-refractivity contribution in [1.29, 1.82) is 0 Å². The molecule has 9 heteroatoms. The highest BCUT2D eigenvalue weighted by Crippen LogP contribution is 2.37. The molecule has 0 unspecified atom stereocenters. The second-order valence-corrected chi connectivity index (χ2v) is 7.97. The maximum atomic E-state index is 12.4. The van der Waals surface area contributed by atoms with Crippen molar-refractivity contribution in [3.05, 3.63) is 42.1 Å². The summed E-state index contributed by atoms with van der Waals surface area (Å²) in [7, 11) is -2.12. The van der Waals surface area contributed by atoms with Crippen molar-refractivity contribution in [2.45, 2.75) is 31.6 Å². The van der Waals surface area contributed by atoms with Gasteiger partial charge in [0.05, 0.1) is 12.9 Å². The van der Waals surface area contributed by atoms with Gasteiger partial charge in [0.2, 0.25) is 0 Å². The second kappa shape index (κ2) is 8.61. The van der Waals surface area contributed by atoms with Crippen LogP contribution in [0.4, 0.5) is 0 Å². The SMILES string of the molecule is C=C(N)/N=C(N)\C(=C/N)Oc1cc(S(=O)(=O)CC)c(OC)cc1C(C)C. The van der Waals surface area contributed by atoms with Gasteiger partial charge in [-0.25, -0.2) is 13.4 Å². The number of aliphatic imine (C=N–C) groups is 1. The van der Waals surface area contributed by atoms with Gasteiger partial charge in [-0.15, -0.1) is 0 Å². The summed E-state index contributed by atoms with van der Waals surface area (Å²) in [4.78, 5) is 3.83. The molecule has 0 saturated carbocycles. The molecule has 1 aromatic rings.